The van der Waals surface area contributed by atoms with Crippen LogP contribution in [0.1, 0.15) is 26.3 Å². The van der Waals surface area contributed by atoms with Crippen LogP contribution in [0.5, 0.6) is 0 Å². The van der Waals surface area contributed by atoms with E-state index in [1.807, 2.05) is 5.32 Å². The standard InChI is InChI=1S/C17H19NO7/c1-17(2,3)25-15(22)14(21)13(12(20)9-19)18-16(23)24-10-11-7-5-4-6-8-11/h4-9,13H,10H2,1-3H3,(H,18,23)/t13-/m0/s1. The second kappa shape index (κ2) is 8.72. The van der Waals surface area contributed by atoms with Gasteiger partial charge in [-0.15, -0.1) is 0 Å². The van der Waals surface area contributed by atoms with Crippen molar-refractivity contribution in [1.82, 2.24) is 5.32 Å². The van der Waals surface area contributed by atoms with E-state index in [-0.39, 0.29) is 12.9 Å². The molecule has 134 valence electrons. The zero-order valence-electron chi connectivity index (χ0n) is 14.1. The summed E-state index contributed by atoms with van der Waals surface area (Å²) in [6.07, 6.45) is -1.29. The summed E-state index contributed by atoms with van der Waals surface area (Å²) in [5.41, 5.74) is -0.301. The number of rotatable bonds is 7. The highest BCUT2D eigenvalue weighted by molar-refractivity contribution is 6.46. The Morgan fingerprint density at radius 3 is 2.24 bits per heavy atom. The number of Topliss-reactive ketones (excluding diaryl/α,β-unsaturated/α-hetero) is 2. The van der Waals surface area contributed by atoms with Gasteiger partial charge < -0.3 is 14.8 Å². The monoisotopic (exact) mass is 349 g/mol. The van der Waals surface area contributed by atoms with E-state index in [0.29, 0.717) is 5.56 Å². The molecule has 0 radical (unpaired) electrons. The second-order valence-electron chi connectivity index (χ2n) is 6.03. The van der Waals surface area contributed by atoms with Crippen molar-refractivity contribution in [2.75, 3.05) is 0 Å². The minimum atomic E-state index is -1.99. The zero-order valence-corrected chi connectivity index (χ0v) is 14.1. The van der Waals surface area contributed by atoms with Gasteiger partial charge in [0.1, 0.15) is 12.2 Å². The van der Waals surface area contributed by atoms with Gasteiger partial charge in [-0.25, -0.2) is 9.59 Å². The van der Waals surface area contributed by atoms with E-state index in [9.17, 15) is 24.0 Å². The number of ether oxygens (including phenoxy) is 2. The molecular formula is C17H19NO7. The molecule has 0 fully saturated rings. The average Bonchev–Trinajstić information content (AvgIpc) is 2.56. The fraction of sp³-hybridized carbons (Fsp3) is 0.353. The van der Waals surface area contributed by atoms with Gasteiger partial charge in [0.05, 0.1) is 0 Å². The minimum Gasteiger partial charge on any atom is -0.454 e. The van der Waals surface area contributed by atoms with Crippen molar-refractivity contribution in [2.45, 2.75) is 39.0 Å². The molecule has 0 spiro atoms. The predicted molar refractivity (Wildman–Crippen MR) is 85.5 cm³/mol. The third-order valence-corrected chi connectivity index (χ3v) is 2.74. The molecule has 1 N–H and O–H groups in total. The van der Waals surface area contributed by atoms with Crippen LogP contribution in [0.15, 0.2) is 30.3 Å². The van der Waals surface area contributed by atoms with Gasteiger partial charge in [-0.3, -0.25) is 14.4 Å². The first-order valence-corrected chi connectivity index (χ1v) is 7.37. The highest BCUT2D eigenvalue weighted by Gasteiger charge is 2.36. The van der Waals surface area contributed by atoms with Crippen LogP contribution in [-0.4, -0.2) is 41.6 Å². The van der Waals surface area contributed by atoms with E-state index in [1.54, 1.807) is 30.3 Å². The maximum atomic E-state index is 12.0. The Hall–Kier alpha value is -3.03. The Labute approximate surface area is 144 Å². The summed E-state index contributed by atoms with van der Waals surface area (Å²) >= 11 is 0. The lowest BCUT2D eigenvalue weighted by atomic mass is 10.1. The Kier molecular flexibility index (Phi) is 6.98. The van der Waals surface area contributed by atoms with Crippen LogP contribution in [0.2, 0.25) is 0 Å². The topological polar surface area (TPSA) is 116 Å². The van der Waals surface area contributed by atoms with Crippen LogP contribution in [0, 0.1) is 0 Å². The highest BCUT2D eigenvalue weighted by atomic mass is 16.6. The molecule has 0 bridgehead atoms. The predicted octanol–water partition coefficient (Wildman–Crippen LogP) is 0.960. The summed E-state index contributed by atoms with van der Waals surface area (Å²) in [5, 5.41) is 1.91. The summed E-state index contributed by atoms with van der Waals surface area (Å²) in [6.45, 7) is 4.46. The fourth-order valence-corrected chi connectivity index (χ4v) is 1.66. The molecule has 0 aliphatic heterocycles. The molecule has 0 aromatic heterocycles. The van der Waals surface area contributed by atoms with Crippen LogP contribution in [0.25, 0.3) is 0 Å². The van der Waals surface area contributed by atoms with E-state index < -0.39 is 35.3 Å². The molecule has 0 unspecified atom stereocenters. The van der Waals surface area contributed by atoms with Gasteiger partial charge in [0, 0.05) is 0 Å². The summed E-state index contributed by atoms with van der Waals surface area (Å²) < 4.78 is 9.70. The number of carbonyl (C=O) groups is 5. The molecule has 8 heteroatoms. The van der Waals surface area contributed by atoms with Crippen molar-refractivity contribution in [3.05, 3.63) is 35.9 Å². The number of aldehydes is 1. The van der Waals surface area contributed by atoms with Gasteiger partial charge in [0.15, 0.2) is 12.3 Å². The number of hydrogen-bond acceptors (Lipinski definition) is 7. The van der Waals surface area contributed by atoms with Crippen LogP contribution < -0.4 is 5.32 Å². The van der Waals surface area contributed by atoms with Crippen LogP contribution in [0.4, 0.5) is 4.79 Å². The van der Waals surface area contributed by atoms with Crippen LogP contribution in [-0.2, 0) is 35.3 Å². The molecular weight excluding hydrogens is 330 g/mol. The first-order valence-electron chi connectivity index (χ1n) is 7.37. The van der Waals surface area contributed by atoms with Crippen LogP contribution >= 0.6 is 0 Å². The van der Waals surface area contributed by atoms with Gasteiger partial charge in [0.25, 0.3) is 5.78 Å². The molecule has 1 atom stereocenters. The Morgan fingerprint density at radius 2 is 1.72 bits per heavy atom. The maximum absolute atomic E-state index is 12.0. The molecule has 0 heterocycles. The first-order chi connectivity index (χ1) is 11.6. The van der Waals surface area contributed by atoms with Crippen molar-refractivity contribution in [3.63, 3.8) is 0 Å². The van der Waals surface area contributed by atoms with Crippen molar-refractivity contribution in [1.29, 1.82) is 0 Å². The van der Waals surface area contributed by atoms with Gasteiger partial charge in [-0.05, 0) is 26.3 Å². The molecule has 1 aromatic rings. The minimum absolute atomic E-state index is 0.116. The van der Waals surface area contributed by atoms with Gasteiger partial charge in [-0.1, -0.05) is 30.3 Å². The summed E-state index contributed by atoms with van der Waals surface area (Å²) in [6, 6.07) is 6.67. The summed E-state index contributed by atoms with van der Waals surface area (Å²) in [5.74, 6) is -3.98. The van der Waals surface area contributed by atoms with Crippen molar-refractivity contribution in [3.8, 4) is 0 Å². The zero-order chi connectivity index (χ0) is 19.0. The number of amides is 1. The van der Waals surface area contributed by atoms with Crippen molar-refractivity contribution >= 4 is 29.9 Å². The molecule has 8 nitrogen and oxygen atoms in total. The second-order valence-corrected chi connectivity index (χ2v) is 6.03. The maximum Gasteiger partial charge on any atom is 0.408 e. The fourth-order valence-electron chi connectivity index (χ4n) is 1.66. The smallest absolute Gasteiger partial charge is 0.408 e. The van der Waals surface area contributed by atoms with Gasteiger partial charge >= 0.3 is 12.1 Å². The highest BCUT2D eigenvalue weighted by Crippen LogP contribution is 2.08. The SMILES string of the molecule is CC(C)(C)OC(=O)C(=O)[C@@H](NC(=O)OCc1ccccc1)C(=O)C=O. The summed E-state index contributed by atoms with van der Waals surface area (Å²) in [7, 11) is 0. The first kappa shape index (κ1) is 20.0. The number of nitrogens with one attached hydrogen (secondary N) is 1. The van der Waals surface area contributed by atoms with E-state index in [2.05, 4.69) is 0 Å². The van der Waals surface area contributed by atoms with Gasteiger partial charge in [-0.2, -0.15) is 0 Å². The van der Waals surface area contributed by atoms with Gasteiger partial charge in [0.2, 0.25) is 5.78 Å². The molecule has 0 aliphatic rings. The molecule has 1 amide bonds. The molecule has 1 aromatic carbocycles. The van der Waals surface area contributed by atoms with E-state index in [4.69, 9.17) is 9.47 Å². The van der Waals surface area contributed by atoms with E-state index in [0.717, 1.165) is 0 Å². The quantitative estimate of drug-likeness (QED) is 0.337. The molecule has 0 saturated carbocycles. The number of hydrogen-bond donors (Lipinski definition) is 1. The Morgan fingerprint density at radius 1 is 1.12 bits per heavy atom. The molecule has 1 rings (SSSR count). The number of esters is 1. The number of ketones is 2. The number of carbonyl (C=O) groups excluding carboxylic acids is 5. The van der Waals surface area contributed by atoms with E-state index >= 15 is 0 Å². The van der Waals surface area contributed by atoms with Crippen molar-refractivity contribution < 1.29 is 33.4 Å². The molecule has 0 aliphatic carbocycles. The summed E-state index contributed by atoms with van der Waals surface area (Å²) in [4.78, 5) is 57.7. The van der Waals surface area contributed by atoms with E-state index in [1.165, 1.54) is 20.8 Å². The third kappa shape index (κ3) is 6.94. The lowest BCUT2D eigenvalue weighted by Gasteiger charge is -2.20. The van der Waals surface area contributed by atoms with Crippen LogP contribution in [0.3, 0.4) is 0 Å². The Bertz CT molecular complexity index is 661. The lowest BCUT2D eigenvalue weighted by Crippen LogP contribution is -2.51. The number of alkyl carbamates (subject to hydrolysis) is 1. The Balaban J connectivity index is 2.73. The molecule has 0 saturated heterocycles. The number of benzene rings is 1. The average molecular weight is 349 g/mol. The normalized spacial score (nSPS) is 11.8. The lowest BCUT2D eigenvalue weighted by molar-refractivity contribution is -0.164. The largest absolute Gasteiger partial charge is 0.454 e. The molecule has 25 heavy (non-hydrogen) atoms. The third-order valence-electron chi connectivity index (χ3n) is 2.74. The van der Waals surface area contributed by atoms with Crippen molar-refractivity contribution in [2.24, 2.45) is 0 Å².